The molecule has 13 heteroatoms. The number of hydrogen-bond acceptors (Lipinski definition) is 1. The Bertz CT molecular complexity index is 611. The number of carbonyl (C=O) groups is 1. The van der Waals surface area contributed by atoms with Crippen molar-refractivity contribution in [2.45, 2.75) is 31.0 Å². The molecule has 2 amide bonds. The van der Waals surface area contributed by atoms with Crippen LogP contribution in [0.5, 0.6) is 0 Å². The van der Waals surface area contributed by atoms with Gasteiger partial charge >= 0.3 is 30.1 Å². The summed E-state index contributed by atoms with van der Waals surface area (Å²) < 4.78 is 127. The maximum atomic E-state index is 13.0. The highest BCUT2D eigenvalue weighted by atomic mass is 19.4. The van der Waals surface area contributed by atoms with E-state index in [-0.39, 0.29) is 10.9 Å². The molecular formula is C12H8F10N2O. The molecule has 0 aliphatic carbocycles. The number of carbonyl (C=O) groups excluding carboxylic acids is 1. The highest BCUT2D eigenvalue weighted by Crippen LogP contribution is 2.52. The lowest BCUT2D eigenvalue weighted by molar-refractivity contribution is -0.386. The van der Waals surface area contributed by atoms with Gasteiger partial charge in [-0.1, -0.05) is 6.07 Å². The van der Waals surface area contributed by atoms with E-state index in [1.165, 1.54) is 12.2 Å². The molecule has 3 nitrogen and oxygen atoms in total. The van der Waals surface area contributed by atoms with Gasteiger partial charge in [-0.15, -0.1) is 0 Å². The molecule has 142 valence electrons. The molecule has 2 N–H and O–H groups in total. The van der Waals surface area contributed by atoms with Gasteiger partial charge in [-0.2, -0.15) is 39.5 Å². The molecule has 0 aliphatic rings. The zero-order valence-corrected chi connectivity index (χ0v) is 11.9. The van der Waals surface area contributed by atoms with Crippen molar-refractivity contribution in [3.8, 4) is 0 Å². The third-order valence-corrected chi connectivity index (χ3v) is 3.02. The second kappa shape index (κ2) is 6.26. The van der Waals surface area contributed by atoms with Crippen LogP contribution in [0.1, 0.15) is 5.56 Å². The number of anilines is 1. The molecule has 0 aliphatic heterocycles. The molecule has 0 radical (unpaired) electrons. The van der Waals surface area contributed by atoms with Crippen LogP contribution in [0.2, 0.25) is 0 Å². The van der Waals surface area contributed by atoms with Crippen molar-refractivity contribution in [3.05, 3.63) is 29.6 Å². The van der Waals surface area contributed by atoms with Crippen molar-refractivity contribution in [1.82, 2.24) is 5.32 Å². The van der Waals surface area contributed by atoms with E-state index in [4.69, 9.17) is 0 Å². The number of nitrogens with one attached hydrogen (secondary N) is 2. The monoisotopic (exact) mass is 386 g/mol. The second-order valence-corrected chi connectivity index (χ2v) is 4.78. The minimum absolute atomic E-state index is 0.0202. The summed E-state index contributed by atoms with van der Waals surface area (Å²) >= 11 is 0. The molecule has 1 aromatic rings. The lowest BCUT2D eigenvalue weighted by Gasteiger charge is -2.38. The number of alkyl halides is 9. The second-order valence-electron chi connectivity index (χ2n) is 4.78. The van der Waals surface area contributed by atoms with Gasteiger partial charge < -0.3 is 10.6 Å². The summed E-state index contributed by atoms with van der Waals surface area (Å²) in [5.41, 5.74) is -7.13. The first-order valence-electron chi connectivity index (χ1n) is 6.08. The van der Waals surface area contributed by atoms with Gasteiger partial charge in [0.15, 0.2) is 0 Å². The van der Waals surface area contributed by atoms with E-state index in [0.717, 1.165) is 12.1 Å². The summed E-state index contributed by atoms with van der Waals surface area (Å²) in [5, 5.41) is 1.23. The quantitative estimate of drug-likeness (QED) is 0.712. The Kier molecular flexibility index (Phi) is 5.22. The third-order valence-electron chi connectivity index (χ3n) is 3.02. The molecular weight excluding hydrogens is 378 g/mol. The van der Waals surface area contributed by atoms with Gasteiger partial charge in [0, 0.05) is 5.69 Å². The molecule has 0 saturated heterocycles. The van der Waals surface area contributed by atoms with Crippen molar-refractivity contribution < 1.29 is 48.7 Å². The number of amides is 2. The van der Waals surface area contributed by atoms with E-state index in [2.05, 4.69) is 0 Å². The fourth-order valence-corrected chi connectivity index (χ4v) is 1.75. The van der Waals surface area contributed by atoms with Gasteiger partial charge in [0.25, 0.3) is 0 Å². The SMILES string of the molecule is Cc1ccc(F)cc1NC(=O)NC(C(F)(F)F)(C(F)(F)F)C(F)(F)F. The molecule has 25 heavy (non-hydrogen) atoms. The standard InChI is InChI=1S/C12H8F10N2O/c1-5-2-3-6(13)4-7(5)23-8(25)24-9(10(14,15)16,11(17,18)19)12(20,21)22/h2-4H,1H3,(H2,23,24,25). The lowest BCUT2D eigenvalue weighted by Crippen LogP contribution is -2.75. The summed E-state index contributed by atoms with van der Waals surface area (Å²) in [6.45, 7) is 1.18. The number of halogens is 10. The van der Waals surface area contributed by atoms with Crippen LogP contribution in [0.3, 0.4) is 0 Å². The molecule has 1 aromatic carbocycles. The number of urea groups is 1. The Labute approximate surface area is 133 Å². The minimum atomic E-state index is -6.95. The number of hydrogen-bond donors (Lipinski definition) is 2. The highest BCUT2D eigenvalue weighted by molar-refractivity contribution is 5.90. The van der Waals surface area contributed by atoms with E-state index < -0.39 is 41.6 Å². The van der Waals surface area contributed by atoms with Crippen molar-refractivity contribution in [3.63, 3.8) is 0 Å². The number of benzene rings is 1. The first kappa shape index (κ1) is 20.8. The maximum Gasteiger partial charge on any atom is 0.429 e. The Morgan fingerprint density at radius 1 is 0.880 bits per heavy atom. The van der Waals surface area contributed by atoms with Gasteiger partial charge in [-0.3, -0.25) is 0 Å². The van der Waals surface area contributed by atoms with Crippen molar-refractivity contribution >= 4 is 11.7 Å². The molecule has 0 bridgehead atoms. The predicted octanol–water partition coefficient (Wildman–Crippen LogP) is 4.68. The molecule has 0 heterocycles. The Morgan fingerprint density at radius 3 is 1.72 bits per heavy atom. The number of aryl methyl sites for hydroxylation is 1. The third kappa shape index (κ3) is 3.90. The normalized spacial score (nSPS) is 13.6. The van der Waals surface area contributed by atoms with Crippen molar-refractivity contribution in [1.29, 1.82) is 0 Å². The van der Waals surface area contributed by atoms with E-state index in [1.54, 1.807) is 0 Å². The maximum absolute atomic E-state index is 13.0. The first-order chi connectivity index (χ1) is 11.0. The van der Waals surface area contributed by atoms with E-state index >= 15 is 0 Å². The van der Waals surface area contributed by atoms with E-state index in [9.17, 15) is 48.7 Å². The molecule has 0 aromatic heterocycles. The summed E-state index contributed by atoms with van der Waals surface area (Å²) in [7, 11) is 0. The summed E-state index contributed by atoms with van der Waals surface area (Å²) in [6.07, 6.45) is -20.8. The summed E-state index contributed by atoms with van der Waals surface area (Å²) in [5.74, 6) is -1.03. The van der Waals surface area contributed by atoms with Gasteiger partial charge in [-0.25, -0.2) is 9.18 Å². The van der Waals surface area contributed by atoms with Crippen LogP contribution >= 0.6 is 0 Å². The van der Waals surface area contributed by atoms with Crippen molar-refractivity contribution in [2.75, 3.05) is 5.32 Å². The topological polar surface area (TPSA) is 41.1 Å². The van der Waals surface area contributed by atoms with Gasteiger partial charge in [0.1, 0.15) is 5.82 Å². The van der Waals surface area contributed by atoms with Gasteiger partial charge in [-0.05, 0) is 24.6 Å². The molecule has 0 unspecified atom stereocenters. The van der Waals surface area contributed by atoms with Gasteiger partial charge in [0.2, 0.25) is 0 Å². The van der Waals surface area contributed by atoms with Crippen LogP contribution in [0.25, 0.3) is 0 Å². The summed E-state index contributed by atoms with van der Waals surface area (Å²) in [4.78, 5) is 11.4. The van der Waals surface area contributed by atoms with Crippen LogP contribution in [-0.2, 0) is 0 Å². The predicted molar refractivity (Wildman–Crippen MR) is 64.2 cm³/mol. The van der Waals surface area contributed by atoms with Crippen LogP contribution in [-0.4, -0.2) is 30.1 Å². The minimum Gasteiger partial charge on any atom is -0.308 e. The Balaban J connectivity index is 3.31. The largest absolute Gasteiger partial charge is 0.429 e. The molecule has 0 saturated carbocycles. The fraction of sp³-hybridized carbons (Fsp3) is 0.417. The number of rotatable bonds is 2. The highest BCUT2D eigenvalue weighted by Gasteiger charge is 2.84. The lowest BCUT2D eigenvalue weighted by atomic mass is 9.97. The average molecular weight is 386 g/mol. The zero-order valence-electron chi connectivity index (χ0n) is 11.9. The van der Waals surface area contributed by atoms with Crippen LogP contribution in [0.15, 0.2) is 18.2 Å². The van der Waals surface area contributed by atoms with Crippen LogP contribution < -0.4 is 10.6 Å². The molecule has 0 atom stereocenters. The molecule has 1 rings (SSSR count). The van der Waals surface area contributed by atoms with Gasteiger partial charge in [0.05, 0.1) is 0 Å². The molecule has 0 spiro atoms. The summed E-state index contributed by atoms with van der Waals surface area (Å²) in [6, 6.07) is -0.120. The smallest absolute Gasteiger partial charge is 0.308 e. The Hall–Kier alpha value is -2.21. The zero-order chi connectivity index (χ0) is 19.8. The average Bonchev–Trinajstić information content (AvgIpc) is 2.35. The van der Waals surface area contributed by atoms with E-state index in [1.807, 2.05) is 0 Å². The van der Waals surface area contributed by atoms with Crippen molar-refractivity contribution in [2.24, 2.45) is 0 Å². The van der Waals surface area contributed by atoms with Crippen LogP contribution in [0, 0.1) is 12.7 Å². The molecule has 0 fully saturated rings. The Morgan fingerprint density at radius 2 is 1.32 bits per heavy atom. The fourth-order valence-electron chi connectivity index (χ4n) is 1.75. The van der Waals surface area contributed by atoms with Crippen LogP contribution in [0.4, 0.5) is 54.4 Å². The first-order valence-corrected chi connectivity index (χ1v) is 6.08. The van der Waals surface area contributed by atoms with E-state index in [0.29, 0.717) is 6.07 Å².